The van der Waals surface area contributed by atoms with Gasteiger partial charge in [0.05, 0.1) is 6.61 Å². The third-order valence-corrected chi connectivity index (χ3v) is 3.18. The van der Waals surface area contributed by atoms with E-state index in [0.717, 1.165) is 5.75 Å². The molecular weight excluding hydrogens is 214 g/mol. The summed E-state index contributed by atoms with van der Waals surface area (Å²) < 4.78 is 5.27. The van der Waals surface area contributed by atoms with Crippen molar-refractivity contribution in [3.63, 3.8) is 0 Å². The lowest BCUT2D eigenvalue weighted by atomic mass is 10.2. The van der Waals surface area contributed by atoms with E-state index >= 15 is 0 Å². The van der Waals surface area contributed by atoms with Crippen LogP contribution in [0.15, 0.2) is 0 Å². The molecule has 0 saturated carbocycles. The van der Waals surface area contributed by atoms with E-state index in [9.17, 15) is 4.79 Å². The average molecular weight is 233 g/mol. The monoisotopic (exact) mass is 233 g/mol. The lowest BCUT2D eigenvalue weighted by Crippen LogP contribution is -2.45. The fourth-order valence-corrected chi connectivity index (χ4v) is 2.37. The van der Waals surface area contributed by atoms with Gasteiger partial charge in [-0.15, -0.1) is 0 Å². The van der Waals surface area contributed by atoms with Crippen LogP contribution in [0.3, 0.4) is 0 Å². The number of aliphatic hydroxyl groups is 1. The summed E-state index contributed by atoms with van der Waals surface area (Å²) in [6.45, 7) is 6.96. The number of carbonyl (C=O) groups is 1. The van der Waals surface area contributed by atoms with Gasteiger partial charge in [-0.25, -0.2) is 4.79 Å². The van der Waals surface area contributed by atoms with Crippen LogP contribution in [0, 0.1) is 0 Å². The first-order valence-electron chi connectivity index (χ1n) is 5.13. The first-order chi connectivity index (χ1) is 6.92. The second kappa shape index (κ2) is 5.07. The Hall–Kier alpha value is -0.420. The molecule has 1 aliphatic rings. The zero-order valence-corrected chi connectivity index (χ0v) is 10.3. The molecule has 1 aliphatic heterocycles. The van der Waals surface area contributed by atoms with E-state index in [1.165, 1.54) is 0 Å². The van der Waals surface area contributed by atoms with E-state index in [1.54, 1.807) is 16.7 Å². The van der Waals surface area contributed by atoms with Crippen LogP contribution in [0.5, 0.6) is 0 Å². The smallest absolute Gasteiger partial charge is 0.410 e. The standard InChI is InChI=1S/C10H19NO3S/c1-10(2,3)14-9(13)11-4-5-15-8(6-11)7-12/h8,12H,4-7H2,1-3H3/t8-/m1/s1. The lowest BCUT2D eigenvalue weighted by Gasteiger charge is -2.33. The number of aliphatic hydroxyl groups excluding tert-OH is 1. The molecule has 0 bridgehead atoms. The predicted octanol–water partition coefficient (Wildman–Crippen LogP) is 1.33. The molecule has 1 heterocycles. The van der Waals surface area contributed by atoms with Gasteiger partial charge in [-0.1, -0.05) is 0 Å². The van der Waals surface area contributed by atoms with Gasteiger partial charge in [0.15, 0.2) is 0 Å². The fraction of sp³-hybridized carbons (Fsp3) is 0.900. The summed E-state index contributed by atoms with van der Waals surface area (Å²) in [6.07, 6.45) is -0.277. The highest BCUT2D eigenvalue weighted by molar-refractivity contribution is 8.00. The second-order valence-electron chi connectivity index (χ2n) is 4.60. The molecule has 1 atom stereocenters. The lowest BCUT2D eigenvalue weighted by molar-refractivity contribution is 0.0249. The van der Waals surface area contributed by atoms with Crippen molar-refractivity contribution in [1.29, 1.82) is 0 Å². The van der Waals surface area contributed by atoms with Crippen LogP contribution in [0.1, 0.15) is 20.8 Å². The van der Waals surface area contributed by atoms with Gasteiger partial charge >= 0.3 is 6.09 Å². The van der Waals surface area contributed by atoms with Crippen LogP contribution >= 0.6 is 11.8 Å². The Morgan fingerprint density at radius 1 is 1.60 bits per heavy atom. The largest absolute Gasteiger partial charge is 0.444 e. The van der Waals surface area contributed by atoms with Gasteiger partial charge in [0, 0.05) is 24.1 Å². The van der Waals surface area contributed by atoms with Crippen molar-refractivity contribution < 1.29 is 14.6 Å². The number of nitrogens with zero attached hydrogens (tertiary/aromatic N) is 1. The number of carbonyl (C=O) groups excluding carboxylic acids is 1. The first-order valence-corrected chi connectivity index (χ1v) is 6.17. The van der Waals surface area contributed by atoms with Gasteiger partial charge in [-0.2, -0.15) is 11.8 Å². The van der Waals surface area contributed by atoms with E-state index < -0.39 is 5.60 Å². The summed E-state index contributed by atoms with van der Waals surface area (Å²) in [6, 6.07) is 0. The number of ether oxygens (including phenoxy) is 1. The highest BCUT2D eigenvalue weighted by atomic mass is 32.2. The summed E-state index contributed by atoms with van der Waals surface area (Å²) >= 11 is 1.70. The van der Waals surface area contributed by atoms with Crippen LogP contribution < -0.4 is 0 Å². The van der Waals surface area contributed by atoms with Crippen molar-refractivity contribution in [3.05, 3.63) is 0 Å². The summed E-state index contributed by atoms with van der Waals surface area (Å²) in [4.78, 5) is 13.4. The van der Waals surface area contributed by atoms with Gasteiger partial charge in [0.1, 0.15) is 5.60 Å². The SMILES string of the molecule is CC(C)(C)OC(=O)N1CCS[C@@H](CO)C1. The number of rotatable bonds is 1. The quantitative estimate of drug-likeness (QED) is 0.742. The van der Waals surface area contributed by atoms with E-state index in [1.807, 2.05) is 20.8 Å². The molecule has 4 nitrogen and oxygen atoms in total. The number of thioether (sulfide) groups is 1. The van der Waals surface area contributed by atoms with Crippen molar-refractivity contribution in [3.8, 4) is 0 Å². The maximum absolute atomic E-state index is 11.7. The first kappa shape index (κ1) is 12.6. The Morgan fingerprint density at radius 3 is 2.80 bits per heavy atom. The Labute approximate surface area is 95.0 Å². The van der Waals surface area contributed by atoms with Crippen LogP contribution in [0.25, 0.3) is 0 Å². The molecule has 15 heavy (non-hydrogen) atoms. The Kier molecular flexibility index (Phi) is 4.28. The van der Waals surface area contributed by atoms with Crippen molar-refractivity contribution in [2.24, 2.45) is 0 Å². The summed E-state index contributed by atoms with van der Waals surface area (Å²) in [5, 5.41) is 9.15. The summed E-state index contributed by atoms with van der Waals surface area (Å²) in [5.74, 6) is 0.866. The van der Waals surface area contributed by atoms with Gasteiger partial charge in [-0.3, -0.25) is 0 Å². The van der Waals surface area contributed by atoms with E-state index in [4.69, 9.17) is 9.84 Å². The third-order valence-electron chi connectivity index (χ3n) is 1.99. The van der Waals surface area contributed by atoms with Crippen LogP contribution in [0.4, 0.5) is 4.79 Å². The van der Waals surface area contributed by atoms with Crippen LogP contribution in [-0.4, -0.2) is 52.4 Å². The molecule has 0 radical (unpaired) electrons. The minimum absolute atomic E-state index is 0.115. The molecule has 1 saturated heterocycles. The minimum Gasteiger partial charge on any atom is -0.444 e. The van der Waals surface area contributed by atoms with Crippen molar-refractivity contribution >= 4 is 17.9 Å². The minimum atomic E-state index is -0.448. The van der Waals surface area contributed by atoms with Crippen LogP contribution in [0.2, 0.25) is 0 Å². The predicted molar refractivity (Wildman–Crippen MR) is 61.1 cm³/mol. The molecule has 88 valence electrons. The van der Waals surface area contributed by atoms with Gasteiger partial charge in [0.2, 0.25) is 0 Å². The highest BCUT2D eigenvalue weighted by Crippen LogP contribution is 2.20. The molecule has 1 rings (SSSR count). The summed E-state index contributed by atoms with van der Waals surface area (Å²) in [7, 11) is 0. The molecule has 0 aromatic carbocycles. The molecule has 0 aliphatic carbocycles. The third kappa shape index (κ3) is 4.30. The van der Waals surface area contributed by atoms with Crippen molar-refractivity contribution in [2.75, 3.05) is 25.4 Å². The zero-order valence-electron chi connectivity index (χ0n) is 9.52. The molecule has 0 aromatic rings. The Balaban J connectivity index is 2.45. The number of hydrogen-bond donors (Lipinski definition) is 1. The molecule has 0 unspecified atom stereocenters. The molecule has 0 aromatic heterocycles. The van der Waals surface area contributed by atoms with E-state index in [0.29, 0.717) is 13.1 Å². The summed E-state index contributed by atoms with van der Waals surface area (Å²) in [5.41, 5.74) is -0.448. The molecule has 1 N–H and O–H groups in total. The van der Waals surface area contributed by atoms with Crippen LogP contribution in [-0.2, 0) is 4.74 Å². The van der Waals surface area contributed by atoms with Gasteiger partial charge in [0.25, 0.3) is 0 Å². The zero-order chi connectivity index (χ0) is 11.5. The van der Waals surface area contributed by atoms with Crippen molar-refractivity contribution in [1.82, 2.24) is 4.90 Å². The molecule has 1 fully saturated rings. The van der Waals surface area contributed by atoms with Crippen molar-refractivity contribution in [2.45, 2.75) is 31.6 Å². The fourth-order valence-electron chi connectivity index (χ4n) is 1.32. The molecule has 5 heteroatoms. The van der Waals surface area contributed by atoms with E-state index in [-0.39, 0.29) is 18.0 Å². The number of amides is 1. The van der Waals surface area contributed by atoms with Gasteiger partial charge < -0.3 is 14.7 Å². The Morgan fingerprint density at radius 2 is 2.27 bits per heavy atom. The maximum atomic E-state index is 11.7. The van der Waals surface area contributed by atoms with Gasteiger partial charge in [-0.05, 0) is 20.8 Å². The molecule has 1 amide bonds. The maximum Gasteiger partial charge on any atom is 0.410 e. The second-order valence-corrected chi connectivity index (χ2v) is 6.01. The average Bonchev–Trinajstić information content (AvgIpc) is 2.15. The normalized spacial score (nSPS) is 22.7. The molecule has 0 spiro atoms. The number of hydrogen-bond acceptors (Lipinski definition) is 4. The Bertz CT molecular complexity index is 227. The van der Waals surface area contributed by atoms with E-state index in [2.05, 4.69) is 0 Å². The molecular formula is C10H19NO3S. The topological polar surface area (TPSA) is 49.8 Å². The highest BCUT2D eigenvalue weighted by Gasteiger charge is 2.27.